The van der Waals surface area contributed by atoms with Crippen LogP contribution in [0.15, 0.2) is 30.3 Å². The molecule has 0 bridgehead atoms. The second-order valence-corrected chi connectivity index (χ2v) is 9.57. The van der Waals surface area contributed by atoms with Crippen LogP contribution in [0.25, 0.3) is 0 Å². The average molecular weight is 476 g/mol. The highest BCUT2D eigenvalue weighted by Crippen LogP contribution is 2.54. The first-order chi connectivity index (χ1) is 16.7. The van der Waals surface area contributed by atoms with E-state index in [2.05, 4.69) is 10.6 Å². The molecule has 0 radical (unpaired) electrons. The lowest BCUT2D eigenvalue weighted by Gasteiger charge is -2.29. The molecule has 4 atom stereocenters. The van der Waals surface area contributed by atoms with Gasteiger partial charge in [0.05, 0.1) is 18.4 Å². The molecule has 2 fully saturated rings. The van der Waals surface area contributed by atoms with Crippen molar-refractivity contribution in [3.05, 3.63) is 52.6 Å². The Kier molecular flexibility index (Phi) is 4.50. The van der Waals surface area contributed by atoms with Gasteiger partial charge in [-0.25, -0.2) is 0 Å². The van der Waals surface area contributed by atoms with Crippen molar-refractivity contribution in [1.29, 1.82) is 0 Å². The van der Waals surface area contributed by atoms with E-state index in [-0.39, 0.29) is 19.8 Å². The fourth-order valence-electron chi connectivity index (χ4n) is 5.95. The van der Waals surface area contributed by atoms with E-state index in [1.807, 2.05) is 26.0 Å². The van der Waals surface area contributed by atoms with E-state index >= 15 is 0 Å². The van der Waals surface area contributed by atoms with Crippen LogP contribution >= 0.6 is 0 Å². The first-order valence-electron chi connectivity index (χ1n) is 11.4. The lowest BCUT2D eigenvalue weighted by atomic mass is 9.76. The quantitative estimate of drug-likeness (QED) is 0.555. The number of benzene rings is 2. The number of ether oxygens (including phenoxy) is 2. The molecule has 4 aliphatic rings. The third kappa shape index (κ3) is 2.86. The number of primary amides is 1. The number of aryl methyl sites for hydroxylation is 1. The van der Waals surface area contributed by atoms with Gasteiger partial charge in [-0.1, -0.05) is 18.2 Å². The van der Waals surface area contributed by atoms with Gasteiger partial charge in [0.15, 0.2) is 11.5 Å². The summed E-state index contributed by atoms with van der Waals surface area (Å²) in [5.74, 6) is -2.68. The van der Waals surface area contributed by atoms with Crippen LogP contribution in [-0.2, 0) is 31.3 Å². The molecule has 10 heteroatoms. The highest BCUT2D eigenvalue weighted by Gasteiger charge is 2.70. The molecule has 4 aliphatic heterocycles. The smallest absolute Gasteiger partial charge is 0.250 e. The Balaban J connectivity index is 1.43. The van der Waals surface area contributed by atoms with Crippen LogP contribution in [0.5, 0.6) is 11.5 Å². The number of fused-ring (bicyclic) bond motifs is 5. The van der Waals surface area contributed by atoms with Crippen molar-refractivity contribution in [3.8, 4) is 11.5 Å². The number of nitrogens with two attached hydrogens (primary N) is 1. The number of carbonyl (C=O) groups excluding carboxylic acids is 4. The molecule has 0 saturated carbocycles. The molecule has 2 aromatic rings. The lowest BCUT2D eigenvalue weighted by Crippen LogP contribution is -2.53. The highest BCUT2D eigenvalue weighted by molar-refractivity contribution is 6.15. The fourth-order valence-corrected chi connectivity index (χ4v) is 5.95. The minimum absolute atomic E-state index is 0.0160. The molecule has 6 rings (SSSR count). The zero-order valence-electron chi connectivity index (χ0n) is 19.2. The summed E-state index contributed by atoms with van der Waals surface area (Å²) >= 11 is 0. The number of nitrogens with one attached hydrogen (secondary N) is 2. The van der Waals surface area contributed by atoms with Gasteiger partial charge in [-0.15, -0.1) is 0 Å². The topological polar surface area (TPSA) is 140 Å². The number of anilines is 1. The Labute approximate surface area is 200 Å². The largest absolute Gasteiger partial charge is 0.454 e. The summed E-state index contributed by atoms with van der Waals surface area (Å²) in [7, 11) is 0. The summed E-state index contributed by atoms with van der Waals surface area (Å²) in [6.45, 7) is 3.96. The van der Waals surface area contributed by atoms with Crippen molar-refractivity contribution in [3.63, 3.8) is 0 Å². The first-order valence-corrected chi connectivity index (χ1v) is 11.4. The van der Waals surface area contributed by atoms with Crippen LogP contribution in [0.1, 0.15) is 28.7 Å². The van der Waals surface area contributed by atoms with Gasteiger partial charge in [0.1, 0.15) is 5.54 Å². The Bertz CT molecular complexity index is 1340. The predicted octanol–water partition coefficient (Wildman–Crippen LogP) is 0.828. The Morgan fingerprint density at radius 1 is 1.11 bits per heavy atom. The average Bonchev–Trinajstić information content (AvgIpc) is 3.53. The van der Waals surface area contributed by atoms with Crippen molar-refractivity contribution in [2.45, 2.75) is 38.4 Å². The van der Waals surface area contributed by atoms with E-state index in [9.17, 15) is 19.2 Å². The SMILES string of the molecule is Cc1ccc2c(c1C)NC(=O)[C@]21N[C@H](CC(N)=O)[C@H]2C(=O)N(Cc3ccc4c(c3)OCO4)C(=O)[C@H]21. The molecule has 0 aromatic heterocycles. The minimum Gasteiger partial charge on any atom is -0.454 e. The molecule has 180 valence electrons. The number of amides is 4. The molecule has 1 spiro atoms. The van der Waals surface area contributed by atoms with E-state index in [1.165, 1.54) is 4.90 Å². The van der Waals surface area contributed by atoms with E-state index in [4.69, 9.17) is 15.2 Å². The normalized spacial score (nSPS) is 28.0. The van der Waals surface area contributed by atoms with Gasteiger partial charge >= 0.3 is 0 Å². The van der Waals surface area contributed by atoms with Crippen LogP contribution in [0.2, 0.25) is 0 Å². The molecule has 2 aromatic carbocycles. The number of imide groups is 1. The number of rotatable bonds is 4. The third-order valence-electron chi connectivity index (χ3n) is 7.71. The number of carbonyl (C=O) groups is 4. The Hall–Kier alpha value is -3.92. The number of likely N-dealkylation sites (tertiary alicyclic amines) is 1. The zero-order valence-corrected chi connectivity index (χ0v) is 19.2. The van der Waals surface area contributed by atoms with Crippen molar-refractivity contribution in [2.24, 2.45) is 17.6 Å². The highest BCUT2D eigenvalue weighted by atomic mass is 16.7. The molecule has 4 amide bonds. The number of hydrogen-bond donors (Lipinski definition) is 3. The van der Waals surface area contributed by atoms with Crippen molar-refractivity contribution in [1.82, 2.24) is 10.2 Å². The van der Waals surface area contributed by atoms with Crippen LogP contribution in [0, 0.1) is 25.7 Å². The van der Waals surface area contributed by atoms with Crippen LogP contribution < -0.4 is 25.8 Å². The summed E-state index contributed by atoms with van der Waals surface area (Å²) in [4.78, 5) is 54.1. The van der Waals surface area contributed by atoms with Crippen molar-refractivity contribution < 1.29 is 28.7 Å². The van der Waals surface area contributed by atoms with Gasteiger partial charge in [-0.2, -0.15) is 0 Å². The van der Waals surface area contributed by atoms with Crippen LogP contribution in [-0.4, -0.2) is 41.4 Å². The van der Waals surface area contributed by atoms with Gasteiger partial charge in [0, 0.05) is 23.7 Å². The van der Waals surface area contributed by atoms with E-state index in [0.29, 0.717) is 28.3 Å². The molecule has 2 saturated heterocycles. The van der Waals surface area contributed by atoms with E-state index < -0.39 is 47.0 Å². The minimum atomic E-state index is -1.46. The fraction of sp³-hybridized carbons (Fsp3) is 0.360. The van der Waals surface area contributed by atoms with Crippen LogP contribution in [0.3, 0.4) is 0 Å². The monoisotopic (exact) mass is 476 g/mol. The summed E-state index contributed by atoms with van der Waals surface area (Å²) in [5.41, 5.74) is 7.83. The van der Waals surface area contributed by atoms with Gasteiger partial charge in [-0.05, 0) is 42.7 Å². The molecule has 4 heterocycles. The molecule has 0 aliphatic carbocycles. The van der Waals surface area contributed by atoms with Crippen molar-refractivity contribution in [2.75, 3.05) is 12.1 Å². The maximum absolute atomic E-state index is 13.8. The number of nitrogens with zero attached hydrogens (tertiary/aromatic N) is 1. The zero-order chi connectivity index (χ0) is 24.6. The standard InChI is InChI=1S/C25H24N4O6/c1-11-3-5-14-21(12(11)2)27-24(33)25(14)20-19(15(28-25)8-18(26)30)22(31)29(23(20)32)9-13-4-6-16-17(7-13)35-10-34-16/h3-7,15,19-20,28H,8-10H2,1-2H3,(H2,26,30)(H,27,33)/t15-,19-,20+,25+/m1/s1. The molecular formula is C25H24N4O6. The summed E-state index contributed by atoms with van der Waals surface area (Å²) in [6, 6.07) is 8.17. The van der Waals surface area contributed by atoms with E-state index in [0.717, 1.165) is 11.1 Å². The van der Waals surface area contributed by atoms with Gasteiger partial charge in [0.2, 0.25) is 30.4 Å². The molecular weight excluding hydrogens is 452 g/mol. The Morgan fingerprint density at radius 2 is 1.89 bits per heavy atom. The second-order valence-electron chi connectivity index (χ2n) is 9.57. The molecule has 35 heavy (non-hydrogen) atoms. The van der Waals surface area contributed by atoms with Crippen molar-refractivity contribution >= 4 is 29.3 Å². The maximum atomic E-state index is 13.8. The summed E-state index contributed by atoms with van der Waals surface area (Å²) in [5, 5.41) is 6.14. The lowest BCUT2D eigenvalue weighted by molar-refractivity contribution is -0.143. The van der Waals surface area contributed by atoms with Gasteiger partial charge < -0.3 is 20.5 Å². The molecule has 10 nitrogen and oxygen atoms in total. The second kappa shape index (κ2) is 7.29. The van der Waals surface area contributed by atoms with Gasteiger partial charge in [0.25, 0.3) is 0 Å². The van der Waals surface area contributed by atoms with Gasteiger partial charge in [-0.3, -0.25) is 29.4 Å². The molecule has 4 N–H and O–H groups in total. The Morgan fingerprint density at radius 3 is 2.66 bits per heavy atom. The summed E-state index contributed by atoms with van der Waals surface area (Å²) < 4.78 is 10.8. The maximum Gasteiger partial charge on any atom is 0.250 e. The molecule has 0 unspecified atom stereocenters. The summed E-state index contributed by atoms with van der Waals surface area (Å²) in [6.07, 6.45) is -0.173. The predicted molar refractivity (Wildman–Crippen MR) is 122 cm³/mol. The van der Waals surface area contributed by atoms with Crippen LogP contribution in [0.4, 0.5) is 5.69 Å². The van der Waals surface area contributed by atoms with E-state index in [1.54, 1.807) is 18.2 Å². The first kappa shape index (κ1) is 21.6. The third-order valence-corrected chi connectivity index (χ3v) is 7.71. The number of hydrogen-bond acceptors (Lipinski definition) is 7.